The Morgan fingerprint density at radius 3 is 2.62 bits per heavy atom. The third-order valence-electron chi connectivity index (χ3n) is 3.63. The molecule has 0 atom stereocenters. The lowest BCUT2D eigenvalue weighted by Crippen LogP contribution is -2.32. The van der Waals surface area contributed by atoms with Crippen LogP contribution in [0.15, 0.2) is 23.0 Å². The molecule has 136 valence electrons. The Morgan fingerprint density at radius 2 is 2.04 bits per heavy atom. The van der Waals surface area contributed by atoms with Crippen molar-refractivity contribution in [2.75, 3.05) is 5.32 Å². The fourth-order valence-corrected chi connectivity index (χ4v) is 2.43. The molecule has 0 saturated carbocycles. The number of anilines is 1. The maximum atomic E-state index is 13.1. The zero-order chi connectivity index (χ0) is 19.6. The number of carbonyl (C=O) groups excluding carboxylic acids is 1. The molecule has 0 radical (unpaired) electrons. The van der Waals surface area contributed by atoms with Gasteiger partial charge in [0.25, 0.3) is 5.56 Å². The molecule has 0 bridgehead atoms. The molecule has 2 rings (SSSR count). The van der Waals surface area contributed by atoms with Crippen molar-refractivity contribution >= 4 is 23.2 Å². The van der Waals surface area contributed by atoms with Crippen LogP contribution in [0.5, 0.6) is 0 Å². The molecule has 0 aliphatic rings. The molecular weight excluding hydrogens is 373 g/mol. The number of aromatic nitrogens is 2. The molecule has 26 heavy (non-hydrogen) atoms. The van der Waals surface area contributed by atoms with Crippen LogP contribution < -0.4 is 10.9 Å². The summed E-state index contributed by atoms with van der Waals surface area (Å²) >= 11 is 5.77. The predicted octanol–water partition coefficient (Wildman–Crippen LogP) is 3.04. The second kappa shape index (κ2) is 7.17. The second-order valence-corrected chi connectivity index (χ2v) is 5.78. The number of halogens is 4. The van der Waals surface area contributed by atoms with Crippen molar-refractivity contribution in [3.05, 3.63) is 56.0 Å². The van der Waals surface area contributed by atoms with E-state index in [2.05, 4.69) is 10.4 Å². The predicted molar refractivity (Wildman–Crippen MR) is 87.8 cm³/mol. The van der Waals surface area contributed by atoms with Crippen LogP contribution in [0.2, 0.25) is 5.02 Å². The summed E-state index contributed by atoms with van der Waals surface area (Å²) in [5, 5.41) is 14.7. The Labute approximate surface area is 150 Å². The molecule has 0 spiro atoms. The van der Waals surface area contributed by atoms with Gasteiger partial charge >= 0.3 is 6.18 Å². The SMILES string of the molecule is Cc1nn(CC(=O)Nc2c(Cl)cccc2C(F)(F)F)c(=O)c(C#N)c1C. The average Bonchev–Trinajstić information content (AvgIpc) is 2.54. The molecule has 2 aromatic rings. The fraction of sp³-hybridized carbons (Fsp3) is 0.250. The highest BCUT2D eigenvalue weighted by molar-refractivity contribution is 6.34. The third-order valence-corrected chi connectivity index (χ3v) is 3.94. The van der Waals surface area contributed by atoms with Crippen LogP contribution in [-0.2, 0) is 17.5 Å². The number of hydrogen-bond donors (Lipinski definition) is 1. The van der Waals surface area contributed by atoms with Crippen molar-refractivity contribution in [1.29, 1.82) is 5.26 Å². The lowest BCUT2D eigenvalue weighted by Gasteiger charge is -2.15. The summed E-state index contributed by atoms with van der Waals surface area (Å²) < 4.78 is 39.9. The van der Waals surface area contributed by atoms with Gasteiger partial charge in [0, 0.05) is 0 Å². The van der Waals surface area contributed by atoms with Gasteiger partial charge in [0.05, 0.1) is 22.0 Å². The first-order valence-corrected chi connectivity index (χ1v) is 7.58. The Balaban J connectivity index is 2.37. The number of alkyl halides is 3. The van der Waals surface area contributed by atoms with Gasteiger partial charge in [-0.1, -0.05) is 17.7 Å². The molecule has 0 unspecified atom stereocenters. The van der Waals surface area contributed by atoms with Gasteiger partial charge in [-0.2, -0.15) is 23.5 Å². The molecule has 1 aromatic carbocycles. The summed E-state index contributed by atoms with van der Waals surface area (Å²) in [4.78, 5) is 24.3. The highest BCUT2D eigenvalue weighted by Crippen LogP contribution is 2.38. The lowest BCUT2D eigenvalue weighted by atomic mass is 10.1. The summed E-state index contributed by atoms with van der Waals surface area (Å²) in [5.41, 5.74) is -1.98. The molecular formula is C16H12ClF3N4O2. The minimum absolute atomic E-state index is 0.181. The van der Waals surface area contributed by atoms with Gasteiger partial charge in [-0.25, -0.2) is 4.68 Å². The van der Waals surface area contributed by atoms with E-state index >= 15 is 0 Å². The zero-order valence-corrected chi connectivity index (χ0v) is 14.4. The minimum atomic E-state index is -4.73. The standard InChI is InChI=1S/C16H12ClF3N4O2/c1-8-9(2)23-24(15(26)10(8)6-21)7-13(25)22-14-11(16(18,19)20)4-3-5-12(14)17/h3-5H,7H2,1-2H3,(H,22,25). The molecule has 6 nitrogen and oxygen atoms in total. The third kappa shape index (κ3) is 3.86. The summed E-state index contributed by atoms with van der Waals surface area (Å²) in [5.74, 6) is -0.939. The van der Waals surface area contributed by atoms with Crippen LogP contribution >= 0.6 is 11.6 Å². The van der Waals surface area contributed by atoms with Gasteiger partial charge in [0.2, 0.25) is 5.91 Å². The van der Waals surface area contributed by atoms with E-state index < -0.39 is 35.4 Å². The van der Waals surface area contributed by atoms with Crippen molar-refractivity contribution in [2.45, 2.75) is 26.6 Å². The zero-order valence-electron chi connectivity index (χ0n) is 13.6. The number of nitriles is 1. The van der Waals surface area contributed by atoms with Crippen LogP contribution in [0.25, 0.3) is 0 Å². The number of benzene rings is 1. The maximum absolute atomic E-state index is 13.1. The van der Waals surface area contributed by atoms with E-state index in [1.54, 1.807) is 13.0 Å². The number of nitrogens with zero attached hydrogens (tertiary/aromatic N) is 3. The highest BCUT2D eigenvalue weighted by Gasteiger charge is 2.34. The van der Waals surface area contributed by atoms with Gasteiger partial charge in [0.15, 0.2) is 0 Å². The number of aryl methyl sites for hydroxylation is 1. The van der Waals surface area contributed by atoms with Gasteiger partial charge in [-0.3, -0.25) is 9.59 Å². The Bertz CT molecular complexity index is 977. The van der Waals surface area contributed by atoms with Crippen molar-refractivity contribution < 1.29 is 18.0 Å². The van der Waals surface area contributed by atoms with Gasteiger partial charge in [0.1, 0.15) is 18.2 Å². The maximum Gasteiger partial charge on any atom is 0.418 e. The summed E-state index contributed by atoms with van der Waals surface area (Å²) in [6, 6.07) is 4.81. The van der Waals surface area contributed by atoms with E-state index in [4.69, 9.17) is 16.9 Å². The molecule has 1 aromatic heterocycles. The van der Waals surface area contributed by atoms with E-state index in [1.807, 2.05) is 0 Å². The molecule has 10 heteroatoms. The van der Waals surface area contributed by atoms with E-state index in [0.29, 0.717) is 11.3 Å². The number of carbonyl (C=O) groups is 1. The Kier molecular flexibility index (Phi) is 5.37. The Morgan fingerprint density at radius 1 is 1.38 bits per heavy atom. The first-order chi connectivity index (χ1) is 12.1. The molecule has 0 saturated heterocycles. The lowest BCUT2D eigenvalue weighted by molar-refractivity contribution is -0.137. The largest absolute Gasteiger partial charge is 0.418 e. The first-order valence-electron chi connectivity index (χ1n) is 7.20. The summed E-state index contributed by atoms with van der Waals surface area (Å²) in [6.45, 7) is 2.41. The summed E-state index contributed by atoms with van der Waals surface area (Å²) in [7, 11) is 0. The van der Waals surface area contributed by atoms with E-state index in [9.17, 15) is 22.8 Å². The van der Waals surface area contributed by atoms with Gasteiger partial charge in [-0.15, -0.1) is 0 Å². The monoisotopic (exact) mass is 384 g/mol. The van der Waals surface area contributed by atoms with Crippen molar-refractivity contribution in [3.63, 3.8) is 0 Å². The number of para-hydroxylation sites is 1. The normalized spacial score (nSPS) is 11.1. The van der Waals surface area contributed by atoms with Crippen LogP contribution in [-0.4, -0.2) is 15.7 Å². The van der Waals surface area contributed by atoms with Crippen LogP contribution in [0, 0.1) is 25.2 Å². The van der Waals surface area contributed by atoms with Crippen LogP contribution in [0.4, 0.5) is 18.9 Å². The number of nitrogens with one attached hydrogen (secondary N) is 1. The van der Waals surface area contributed by atoms with E-state index in [1.165, 1.54) is 13.0 Å². The van der Waals surface area contributed by atoms with Crippen molar-refractivity contribution in [2.24, 2.45) is 0 Å². The second-order valence-electron chi connectivity index (χ2n) is 5.37. The smallest absolute Gasteiger partial charge is 0.323 e. The minimum Gasteiger partial charge on any atom is -0.323 e. The van der Waals surface area contributed by atoms with Crippen molar-refractivity contribution in [1.82, 2.24) is 9.78 Å². The van der Waals surface area contributed by atoms with Gasteiger partial charge in [-0.05, 0) is 31.5 Å². The van der Waals surface area contributed by atoms with Crippen molar-refractivity contribution in [3.8, 4) is 6.07 Å². The first kappa shape index (κ1) is 19.5. The fourth-order valence-electron chi connectivity index (χ4n) is 2.21. The van der Waals surface area contributed by atoms with Gasteiger partial charge < -0.3 is 5.32 Å². The number of hydrogen-bond acceptors (Lipinski definition) is 4. The van der Waals surface area contributed by atoms with Crippen LogP contribution in [0.1, 0.15) is 22.4 Å². The number of amides is 1. The molecule has 0 fully saturated rings. The Hall–Kier alpha value is -2.86. The average molecular weight is 385 g/mol. The molecule has 0 aliphatic carbocycles. The quantitative estimate of drug-likeness (QED) is 0.881. The topological polar surface area (TPSA) is 87.8 Å². The molecule has 1 amide bonds. The molecule has 1 heterocycles. The van der Waals surface area contributed by atoms with E-state index in [0.717, 1.165) is 16.8 Å². The highest BCUT2D eigenvalue weighted by atomic mass is 35.5. The van der Waals surface area contributed by atoms with Crippen LogP contribution in [0.3, 0.4) is 0 Å². The van der Waals surface area contributed by atoms with E-state index in [-0.39, 0.29) is 10.6 Å². The summed E-state index contributed by atoms with van der Waals surface area (Å²) in [6.07, 6.45) is -4.73. The number of rotatable bonds is 3. The molecule has 0 aliphatic heterocycles. The molecule has 1 N–H and O–H groups in total.